The van der Waals surface area contributed by atoms with Crippen molar-refractivity contribution in [1.82, 2.24) is 0 Å². The summed E-state index contributed by atoms with van der Waals surface area (Å²) >= 11 is 0. The maximum Gasteiger partial charge on any atom is 0.0159 e. The lowest BCUT2D eigenvalue weighted by molar-refractivity contribution is 0.660. The third kappa shape index (κ3) is 6.03. The fourth-order valence-corrected chi connectivity index (χ4v) is 12.7. The summed E-state index contributed by atoms with van der Waals surface area (Å²) in [7, 11) is 0. The Bertz CT molecular complexity index is 3950. The van der Waals surface area contributed by atoms with Crippen molar-refractivity contribution >= 4 is 44.5 Å². The number of fused-ring (bicyclic) bond motifs is 9. The van der Waals surface area contributed by atoms with Gasteiger partial charge in [0.25, 0.3) is 0 Å². The number of rotatable bonds is 7. The molecule has 0 N–H and O–H groups in total. The van der Waals surface area contributed by atoms with Gasteiger partial charge < -0.3 is 0 Å². The van der Waals surface area contributed by atoms with E-state index in [0.717, 1.165) is 11.1 Å². The molecule has 70 heavy (non-hydrogen) atoms. The van der Waals surface area contributed by atoms with Gasteiger partial charge in [-0.2, -0.15) is 0 Å². The molecule has 332 valence electrons. The van der Waals surface area contributed by atoms with Crippen molar-refractivity contribution < 1.29 is 0 Å². The Morgan fingerprint density at radius 3 is 1.11 bits per heavy atom. The second-order valence-electron chi connectivity index (χ2n) is 20.4. The number of benzene rings is 11. The van der Waals surface area contributed by atoms with E-state index in [-0.39, 0.29) is 10.8 Å². The fourth-order valence-electron chi connectivity index (χ4n) is 12.7. The average molecular weight is 893 g/mol. The molecule has 0 fully saturated rings. The lowest BCUT2D eigenvalue weighted by atomic mass is 9.78. The van der Waals surface area contributed by atoms with Gasteiger partial charge in [-0.3, -0.25) is 0 Å². The van der Waals surface area contributed by atoms with Gasteiger partial charge in [0.15, 0.2) is 0 Å². The Morgan fingerprint density at radius 2 is 0.614 bits per heavy atom. The van der Waals surface area contributed by atoms with E-state index in [9.17, 15) is 0 Å². The minimum atomic E-state index is -0.158. The second-order valence-corrected chi connectivity index (χ2v) is 20.4. The quantitative estimate of drug-likeness (QED) is 0.140. The molecule has 0 amide bonds. The van der Waals surface area contributed by atoms with Gasteiger partial charge >= 0.3 is 0 Å². The van der Waals surface area contributed by atoms with Gasteiger partial charge in [-0.1, -0.05) is 241 Å². The van der Waals surface area contributed by atoms with Crippen LogP contribution < -0.4 is 0 Å². The summed E-state index contributed by atoms with van der Waals surface area (Å²) in [5.41, 5.74) is 24.6. The molecule has 0 saturated heterocycles. The highest BCUT2D eigenvalue weighted by Crippen LogP contribution is 2.54. The molecule has 0 unspecified atom stereocenters. The van der Waals surface area contributed by atoms with Gasteiger partial charge in [0.2, 0.25) is 0 Å². The molecule has 0 atom stereocenters. The normalized spacial score (nSPS) is 13.8. The first-order valence-corrected chi connectivity index (χ1v) is 24.6. The monoisotopic (exact) mass is 892 g/mol. The van der Waals surface area contributed by atoms with E-state index in [2.05, 4.69) is 259 Å². The fraction of sp³-hybridized carbons (Fsp3) is 0.0857. The summed E-state index contributed by atoms with van der Waals surface area (Å²) in [6.45, 7) is 18.6. The summed E-state index contributed by atoms with van der Waals surface area (Å²) in [5.74, 6) is 0. The van der Waals surface area contributed by atoms with Crippen LogP contribution in [-0.4, -0.2) is 0 Å². The maximum atomic E-state index is 4.58. The van der Waals surface area contributed by atoms with Gasteiger partial charge in [-0.25, -0.2) is 0 Å². The highest BCUT2D eigenvalue weighted by atomic mass is 14.4. The van der Waals surface area contributed by atoms with E-state index < -0.39 is 0 Å². The van der Waals surface area contributed by atoms with Gasteiger partial charge in [0.1, 0.15) is 0 Å². The lowest BCUT2D eigenvalue weighted by Crippen LogP contribution is -2.15. The first kappa shape index (κ1) is 41.8. The molecule has 11 aromatic rings. The molecule has 0 aliphatic heterocycles. The van der Waals surface area contributed by atoms with Crippen molar-refractivity contribution in [3.05, 3.63) is 253 Å². The van der Waals surface area contributed by atoms with Crippen LogP contribution in [0.25, 0.3) is 122 Å². The molecule has 0 bridgehead atoms. The molecule has 0 spiro atoms. The first-order valence-electron chi connectivity index (χ1n) is 24.6. The zero-order chi connectivity index (χ0) is 47.5. The standard InChI is InChI=1S/C70H52/c1-7-49-50(8-2)67(48-35-38-54-52-23-17-19-29-62(52)70(5,6)64(54)42-48)60-40-46(36-39-59(60)66(49)47-34-37-53-51-22-16-18-28-61(51)69(3,4)63(53)41-47)68-57-26-14-12-24-55(57)65(56-25-13-15-27-58(56)68)45-32-30-44(31-33-45)43-20-10-9-11-21-43/h7-42H,1-2H2,3-6H3. The van der Waals surface area contributed by atoms with Crippen LogP contribution in [0.4, 0.5) is 0 Å². The molecular formula is C70H52. The van der Waals surface area contributed by atoms with E-state index >= 15 is 0 Å². The van der Waals surface area contributed by atoms with Gasteiger partial charge in [-0.15, -0.1) is 0 Å². The Balaban J connectivity index is 1.09. The van der Waals surface area contributed by atoms with Crippen LogP contribution in [0.2, 0.25) is 0 Å². The van der Waals surface area contributed by atoms with Crippen molar-refractivity contribution in [3.63, 3.8) is 0 Å². The summed E-state index contributed by atoms with van der Waals surface area (Å²) in [4.78, 5) is 0. The van der Waals surface area contributed by atoms with E-state index in [1.165, 1.54) is 132 Å². The number of hydrogen-bond acceptors (Lipinski definition) is 0. The highest BCUT2D eigenvalue weighted by molar-refractivity contribution is 6.23. The third-order valence-corrected chi connectivity index (χ3v) is 16.0. The summed E-state index contributed by atoms with van der Waals surface area (Å²) in [6, 6.07) is 77.1. The zero-order valence-electron chi connectivity index (χ0n) is 40.2. The van der Waals surface area contributed by atoms with E-state index in [4.69, 9.17) is 0 Å². The molecule has 2 aliphatic rings. The molecule has 0 radical (unpaired) electrons. The molecule has 13 rings (SSSR count). The van der Waals surface area contributed by atoms with Gasteiger partial charge in [0, 0.05) is 10.8 Å². The van der Waals surface area contributed by atoms with Crippen LogP contribution >= 0.6 is 0 Å². The summed E-state index contributed by atoms with van der Waals surface area (Å²) in [6.07, 6.45) is 4.14. The molecule has 0 heteroatoms. The predicted molar refractivity (Wildman–Crippen MR) is 301 cm³/mol. The van der Waals surface area contributed by atoms with Crippen molar-refractivity contribution in [2.75, 3.05) is 0 Å². The summed E-state index contributed by atoms with van der Waals surface area (Å²) in [5, 5.41) is 7.32. The second kappa shape index (κ2) is 15.6. The van der Waals surface area contributed by atoms with Crippen LogP contribution in [-0.2, 0) is 10.8 Å². The molecule has 0 saturated carbocycles. The smallest absolute Gasteiger partial charge is 0.0159 e. The van der Waals surface area contributed by atoms with Crippen LogP contribution in [0.5, 0.6) is 0 Å². The zero-order valence-corrected chi connectivity index (χ0v) is 40.2. The van der Waals surface area contributed by atoms with Gasteiger partial charge in [-0.05, 0) is 162 Å². The van der Waals surface area contributed by atoms with Crippen molar-refractivity contribution in [2.45, 2.75) is 38.5 Å². The SMILES string of the molecule is C=Cc1c(C=C)c(-c2ccc3c(c2)C(C)(C)c2ccccc2-3)c2cc(-c3c4ccccc4c(-c4ccc(-c5ccccc5)cc4)c4ccccc34)ccc2c1-c1ccc2c(c1)C(C)(C)c1ccccc1-2. The minimum Gasteiger partial charge on any atom is -0.0984 e. The molecule has 0 nitrogen and oxygen atoms in total. The Morgan fingerprint density at radius 1 is 0.271 bits per heavy atom. The Labute approximate surface area is 411 Å². The molecule has 2 aliphatic carbocycles. The average Bonchev–Trinajstić information content (AvgIpc) is 3.78. The number of hydrogen-bond donors (Lipinski definition) is 0. The highest BCUT2D eigenvalue weighted by Gasteiger charge is 2.37. The molecule has 11 aromatic carbocycles. The predicted octanol–water partition coefficient (Wildman–Crippen LogP) is 19.4. The van der Waals surface area contributed by atoms with Crippen LogP contribution in [0.3, 0.4) is 0 Å². The Kier molecular flexibility index (Phi) is 9.33. The van der Waals surface area contributed by atoms with Crippen LogP contribution in [0, 0.1) is 0 Å². The summed E-state index contributed by atoms with van der Waals surface area (Å²) < 4.78 is 0. The largest absolute Gasteiger partial charge is 0.0984 e. The van der Waals surface area contributed by atoms with Crippen molar-refractivity contribution in [1.29, 1.82) is 0 Å². The van der Waals surface area contributed by atoms with Gasteiger partial charge in [0.05, 0.1) is 0 Å². The Hall–Kier alpha value is -8.32. The molecule has 0 heterocycles. The van der Waals surface area contributed by atoms with Crippen molar-refractivity contribution in [3.8, 4) is 77.9 Å². The lowest BCUT2D eigenvalue weighted by Gasteiger charge is -2.25. The first-order chi connectivity index (χ1) is 34.2. The van der Waals surface area contributed by atoms with Crippen molar-refractivity contribution in [2.24, 2.45) is 0 Å². The minimum absolute atomic E-state index is 0.145. The van der Waals surface area contributed by atoms with Crippen LogP contribution in [0.15, 0.2) is 219 Å². The molecule has 0 aromatic heterocycles. The van der Waals surface area contributed by atoms with E-state index in [1.807, 2.05) is 0 Å². The third-order valence-electron chi connectivity index (χ3n) is 16.0. The van der Waals surface area contributed by atoms with E-state index in [0.29, 0.717) is 0 Å². The maximum absolute atomic E-state index is 4.58. The van der Waals surface area contributed by atoms with Crippen LogP contribution in [0.1, 0.15) is 61.1 Å². The van der Waals surface area contributed by atoms with E-state index in [1.54, 1.807) is 0 Å². The topological polar surface area (TPSA) is 0 Å². The molecular weight excluding hydrogens is 841 g/mol.